The van der Waals surface area contributed by atoms with Gasteiger partial charge in [-0.25, -0.2) is 8.42 Å². The number of hydrogen-bond acceptors (Lipinski definition) is 3. The third-order valence-electron chi connectivity index (χ3n) is 4.25. The van der Waals surface area contributed by atoms with Crippen LogP contribution in [0.15, 0.2) is 41.8 Å². The Kier molecular flexibility index (Phi) is 5.62. The van der Waals surface area contributed by atoms with Crippen LogP contribution in [0.5, 0.6) is 0 Å². The van der Waals surface area contributed by atoms with Crippen LogP contribution in [0.3, 0.4) is 0 Å². The van der Waals surface area contributed by atoms with Crippen LogP contribution in [0.25, 0.3) is 0 Å². The van der Waals surface area contributed by atoms with Crippen LogP contribution in [0.1, 0.15) is 29.4 Å². The van der Waals surface area contributed by atoms with Crippen molar-refractivity contribution in [3.63, 3.8) is 0 Å². The van der Waals surface area contributed by atoms with Gasteiger partial charge in [0.1, 0.15) is 0 Å². The fourth-order valence-electron chi connectivity index (χ4n) is 2.65. The van der Waals surface area contributed by atoms with Crippen molar-refractivity contribution in [2.75, 3.05) is 7.05 Å². The van der Waals surface area contributed by atoms with Gasteiger partial charge in [-0.05, 0) is 38.0 Å². The maximum absolute atomic E-state index is 12.8. The van der Waals surface area contributed by atoms with E-state index in [4.69, 9.17) is 0 Å². The zero-order chi connectivity index (χ0) is 17.9. The molecule has 2 rings (SSSR count). The molecule has 1 aromatic heterocycles. The molecule has 0 bridgehead atoms. The van der Waals surface area contributed by atoms with Crippen molar-refractivity contribution in [2.45, 2.75) is 45.2 Å². The zero-order valence-corrected chi connectivity index (χ0v) is 15.6. The molecule has 2 aromatic rings. The molecular formula is C18H25N3O2S. The second-order valence-corrected chi connectivity index (χ2v) is 7.92. The number of aromatic nitrogens is 2. The van der Waals surface area contributed by atoms with E-state index in [1.54, 1.807) is 25.3 Å². The molecule has 1 aromatic carbocycles. The third-order valence-corrected chi connectivity index (χ3v) is 6.07. The number of sulfonamides is 1. The molecule has 0 unspecified atom stereocenters. The molecule has 5 nitrogen and oxygen atoms in total. The molecule has 0 aliphatic rings. The predicted molar refractivity (Wildman–Crippen MR) is 96.4 cm³/mol. The Balaban J connectivity index is 2.27. The van der Waals surface area contributed by atoms with Crippen molar-refractivity contribution in [1.82, 2.24) is 14.1 Å². The monoisotopic (exact) mass is 347 g/mol. The number of aryl methyl sites for hydroxylation is 2. The normalized spacial score (nSPS) is 11.9. The van der Waals surface area contributed by atoms with Crippen LogP contribution in [-0.4, -0.2) is 29.6 Å². The summed E-state index contributed by atoms with van der Waals surface area (Å²) in [5.74, 6) is 0. The number of allylic oxidation sites excluding steroid dienone is 1. The smallest absolute Gasteiger partial charge is 0.243 e. The summed E-state index contributed by atoms with van der Waals surface area (Å²) in [5.41, 5.74) is 3.87. The molecule has 130 valence electrons. The molecule has 6 heteroatoms. The lowest BCUT2D eigenvalue weighted by atomic mass is 10.2. The maximum atomic E-state index is 12.8. The SMILES string of the molecule is C=CCn1nc(C)c(CN(C)S(=O)(=O)c2ccc(CC)cc2)c1C. The molecule has 0 fully saturated rings. The highest BCUT2D eigenvalue weighted by Crippen LogP contribution is 2.21. The van der Waals surface area contributed by atoms with Gasteiger partial charge in [0.15, 0.2) is 0 Å². The maximum Gasteiger partial charge on any atom is 0.243 e. The molecule has 0 aliphatic heterocycles. The van der Waals surface area contributed by atoms with Crippen LogP contribution < -0.4 is 0 Å². The zero-order valence-electron chi connectivity index (χ0n) is 14.8. The van der Waals surface area contributed by atoms with E-state index in [0.29, 0.717) is 18.0 Å². The van der Waals surface area contributed by atoms with Gasteiger partial charge in [0.05, 0.1) is 17.1 Å². The van der Waals surface area contributed by atoms with Gasteiger partial charge >= 0.3 is 0 Å². The highest BCUT2D eigenvalue weighted by atomic mass is 32.2. The highest BCUT2D eigenvalue weighted by molar-refractivity contribution is 7.89. The Bertz CT molecular complexity index is 821. The lowest BCUT2D eigenvalue weighted by molar-refractivity contribution is 0.465. The van der Waals surface area contributed by atoms with Gasteiger partial charge in [0, 0.05) is 24.8 Å². The van der Waals surface area contributed by atoms with E-state index in [-0.39, 0.29) is 0 Å². The first-order valence-electron chi connectivity index (χ1n) is 8.00. The number of benzene rings is 1. The van der Waals surface area contributed by atoms with Crippen LogP contribution in [0.2, 0.25) is 0 Å². The minimum absolute atomic E-state index is 0.298. The molecular weight excluding hydrogens is 322 g/mol. The van der Waals surface area contributed by atoms with Crippen LogP contribution in [0.4, 0.5) is 0 Å². The predicted octanol–water partition coefficient (Wildman–Crippen LogP) is 3.07. The van der Waals surface area contributed by atoms with Crippen molar-refractivity contribution >= 4 is 10.0 Å². The molecule has 0 saturated carbocycles. The van der Waals surface area contributed by atoms with Crippen molar-refractivity contribution in [2.24, 2.45) is 0 Å². The molecule has 0 aliphatic carbocycles. The lowest BCUT2D eigenvalue weighted by Crippen LogP contribution is -2.27. The van der Waals surface area contributed by atoms with Gasteiger partial charge in [-0.15, -0.1) is 6.58 Å². The van der Waals surface area contributed by atoms with Gasteiger partial charge in [0.25, 0.3) is 0 Å². The quantitative estimate of drug-likeness (QED) is 0.723. The fourth-order valence-corrected chi connectivity index (χ4v) is 3.79. The number of nitrogens with zero attached hydrogens (tertiary/aromatic N) is 3. The van der Waals surface area contributed by atoms with Crippen LogP contribution in [-0.2, 0) is 29.5 Å². The van der Waals surface area contributed by atoms with Crippen molar-refractivity contribution in [3.05, 3.63) is 59.4 Å². The average Bonchev–Trinajstić information content (AvgIpc) is 2.82. The minimum Gasteiger partial charge on any atom is -0.265 e. The third kappa shape index (κ3) is 3.60. The van der Waals surface area contributed by atoms with Crippen molar-refractivity contribution < 1.29 is 8.42 Å². The van der Waals surface area contributed by atoms with E-state index >= 15 is 0 Å². The second kappa shape index (κ2) is 7.32. The summed E-state index contributed by atoms with van der Waals surface area (Å²) in [6, 6.07) is 7.07. The topological polar surface area (TPSA) is 55.2 Å². The molecule has 24 heavy (non-hydrogen) atoms. The molecule has 0 atom stereocenters. The minimum atomic E-state index is -3.52. The van der Waals surface area contributed by atoms with Gasteiger partial charge in [0.2, 0.25) is 10.0 Å². The summed E-state index contributed by atoms with van der Waals surface area (Å²) in [7, 11) is -1.92. The summed E-state index contributed by atoms with van der Waals surface area (Å²) < 4.78 is 28.8. The summed E-state index contributed by atoms with van der Waals surface area (Å²) in [4.78, 5) is 0.316. The van der Waals surface area contributed by atoms with Crippen molar-refractivity contribution in [3.8, 4) is 0 Å². The molecule has 0 amide bonds. The summed E-state index contributed by atoms with van der Waals surface area (Å²) in [6.45, 7) is 10.5. The van der Waals surface area contributed by atoms with E-state index in [2.05, 4.69) is 11.7 Å². The molecule has 0 radical (unpaired) electrons. The van der Waals surface area contributed by atoms with Crippen molar-refractivity contribution in [1.29, 1.82) is 0 Å². The van der Waals surface area contributed by atoms with E-state index in [9.17, 15) is 8.42 Å². The first-order chi connectivity index (χ1) is 11.3. The van der Waals surface area contributed by atoms with Gasteiger partial charge in [-0.2, -0.15) is 9.40 Å². The van der Waals surface area contributed by atoms with Gasteiger partial charge in [-0.1, -0.05) is 25.1 Å². The first-order valence-corrected chi connectivity index (χ1v) is 9.44. The summed E-state index contributed by atoms with van der Waals surface area (Å²) >= 11 is 0. The fraction of sp³-hybridized carbons (Fsp3) is 0.389. The van der Waals surface area contributed by atoms with Crippen LogP contribution >= 0.6 is 0 Å². The molecule has 0 saturated heterocycles. The van der Waals surface area contributed by atoms with E-state index in [1.165, 1.54) is 4.31 Å². The lowest BCUT2D eigenvalue weighted by Gasteiger charge is -2.18. The van der Waals surface area contributed by atoms with Gasteiger partial charge in [-0.3, -0.25) is 4.68 Å². The van der Waals surface area contributed by atoms with E-state index in [0.717, 1.165) is 28.9 Å². The Morgan fingerprint density at radius 2 is 1.88 bits per heavy atom. The number of rotatable bonds is 7. The average molecular weight is 347 g/mol. The Morgan fingerprint density at radius 3 is 2.42 bits per heavy atom. The Hall–Kier alpha value is -1.92. The Labute approximate surface area is 144 Å². The standard InChI is InChI=1S/C18H25N3O2S/c1-6-12-21-15(4)18(14(3)19-21)13-20(5)24(22,23)17-10-8-16(7-2)9-11-17/h6,8-11H,1,7,12-13H2,2-5H3. The van der Waals surface area contributed by atoms with Gasteiger partial charge < -0.3 is 0 Å². The largest absolute Gasteiger partial charge is 0.265 e. The van der Waals surface area contributed by atoms with E-state index < -0.39 is 10.0 Å². The summed E-state index contributed by atoms with van der Waals surface area (Å²) in [6.07, 6.45) is 2.66. The second-order valence-electron chi connectivity index (χ2n) is 5.88. The van der Waals surface area contributed by atoms with E-state index in [1.807, 2.05) is 37.6 Å². The molecule has 1 heterocycles. The first kappa shape index (κ1) is 18.4. The molecule has 0 spiro atoms. The molecule has 0 N–H and O–H groups in total. The summed E-state index contributed by atoms with van der Waals surface area (Å²) in [5, 5.41) is 4.45. The number of hydrogen-bond donors (Lipinski definition) is 0. The Morgan fingerprint density at radius 1 is 1.25 bits per heavy atom. The highest BCUT2D eigenvalue weighted by Gasteiger charge is 2.23. The van der Waals surface area contributed by atoms with Crippen LogP contribution in [0, 0.1) is 13.8 Å².